The number of carbonyl (C=O) groups is 2. The van der Waals surface area contributed by atoms with Crippen molar-refractivity contribution in [1.29, 1.82) is 0 Å². The molecule has 29 heavy (non-hydrogen) atoms. The topological polar surface area (TPSA) is 95.6 Å². The predicted octanol–water partition coefficient (Wildman–Crippen LogP) is 3.39. The van der Waals surface area contributed by atoms with Gasteiger partial charge in [-0.05, 0) is 55.0 Å². The van der Waals surface area contributed by atoms with Crippen molar-refractivity contribution in [3.63, 3.8) is 0 Å². The van der Waals surface area contributed by atoms with Crippen LogP contribution in [0, 0.1) is 5.92 Å². The molecule has 0 atom stereocenters. The maximum absolute atomic E-state index is 12.5. The van der Waals surface area contributed by atoms with Crippen molar-refractivity contribution in [1.82, 2.24) is 4.90 Å². The Bertz CT molecular complexity index is 933. The van der Waals surface area contributed by atoms with E-state index in [1.54, 1.807) is 36.1 Å². The monoisotopic (exact) mass is 435 g/mol. The number of hydrogen-bond acceptors (Lipinski definition) is 5. The molecule has 3 rings (SSSR count). The Morgan fingerprint density at radius 2 is 1.76 bits per heavy atom. The lowest BCUT2D eigenvalue weighted by atomic mass is 9.95. The van der Waals surface area contributed by atoms with E-state index in [1.165, 1.54) is 11.3 Å². The molecule has 156 valence electrons. The van der Waals surface area contributed by atoms with E-state index in [9.17, 15) is 18.0 Å². The molecule has 0 saturated carbocycles. The lowest BCUT2D eigenvalue weighted by Gasteiger charge is -2.31. The van der Waals surface area contributed by atoms with Crippen molar-refractivity contribution in [3.8, 4) is 0 Å². The third-order valence-electron chi connectivity index (χ3n) is 4.78. The lowest BCUT2D eigenvalue weighted by Crippen LogP contribution is -2.41. The number of nitrogens with zero attached hydrogens (tertiary/aromatic N) is 1. The molecule has 1 saturated heterocycles. The van der Waals surface area contributed by atoms with Crippen LogP contribution in [0.5, 0.6) is 0 Å². The van der Waals surface area contributed by atoms with E-state index in [2.05, 4.69) is 10.0 Å². The first kappa shape index (κ1) is 21.3. The number of hydrogen-bond donors (Lipinski definition) is 2. The standard InChI is InChI=1S/C20H25N3O4S2/c1-2-14-29(26,27)22-17-7-5-16(6-8-17)21-19(24)15-9-11-23(12-10-15)20(25)18-4-3-13-28-18/h3-8,13,15,22H,2,9-12,14H2,1H3,(H,21,24). The molecule has 2 amide bonds. The molecule has 2 heterocycles. The first-order valence-electron chi connectivity index (χ1n) is 9.62. The van der Waals surface area contributed by atoms with Crippen LogP contribution in [0.3, 0.4) is 0 Å². The minimum atomic E-state index is -3.34. The summed E-state index contributed by atoms with van der Waals surface area (Å²) in [5.41, 5.74) is 1.09. The van der Waals surface area contributed by atoms with E-state index in [1.807, 2.05) is 17.5 Å². The van der Waals surface area contributed by atoms with Crippen molar-refractivity contribution in [2.45, 2.75) is 26.2 Å². The van der Waals surface area contributed by atoms with E-state index in [0.29, 0.717) is 43.7 Å². The summed E-state index contributed by atoms with van der Waals surface area (Å²) in [6, 6.07) is 10.3. The number of likely N-dealkylation sites (tertiary alicyclic amines) is 1. The highest BCUT2D eigenvalue weighted by atomic mass is 32.2. The molecule has 0 radical (unpaired) electrons. The third kappa shape index (κ3) is 5.80. The first-order chi connectivity index (χ1) is 13.9. The van der Waals surface area contributed by atoms with Gasteiger partial charge in [0.2, 0.25) is 15.9 Å². The van der Waals surface area contributed by atoms with Gasteiger partial charge in [0.05, 0.1) is 10.6 Å². The number of amides is 2. The second kappa shape index (κ2) is 9.41. The molecule has 1 aromatic heterocycles. The van der Waals surface area contributed by atoms with Gasteiger partial charge in [-0.1, -0.05) is 13.0 Å². The highest BCUT2D eigenvalue weighted by Gasteiger charge is 2.28. The average Bonchev–Trinajstić information content (AvgIpc) is 3.23. The normalized spacial score (nSPS) is 15.1. The highest BCUT2D eigenvalue weighted by Crippen LogP contribution is 2.23. The van der Waals surface area contributed by atoms with Crippen LogP contribution in [0.25, 0.3) is 0 Å². The molecule has 2 N–H and O–H groups in total. The van der Waals surface area contributed by atoms with Gasteiger partial charge < -0.3 is 10.2 Å². The Morgan fingerprint density at radius 3 is 2.34 bits per heavy atom. The molecule has 1 aliphatic rings. The Kier molecular flexibility index (Phi) is 6.92. The fourth-order valence-electron chi connectivity index (χ4n) is 3.27. The molecule has 0 aliphatic carbocycles. The summed E-state index contributed by atoms with van der Waals surface area (Å²) in [6.45, 7) is 2.93. The second-order valence-electron chi connectivity index (χ2n) is 7.03. The minimum Gasteiger partial charge on any atom is -0.338 e. The van der Waals surface area contributed by atoms with Gasteiger partial charge >= 0.3 is 0 Å². The van der Waals surface area contributed by atoms with Crippen LogP contribution in [-0.2, 0) is 14.8 Å². The maximum Gasteiger partial charge on any atom is 0.263 e. The maximum atomic E-state index is 12.5. The van der Waals surface area contributed by atoms with Crippen LogP contribution in [0.2, 0.25) is 0 Å². The Labute approximate surface area is 175 Å². The summed E-state index contributed by atoms with van der Waals surface area (Å²) in [5.74, 6) is -0.128. The van der Waals surface area contributed by atoms with Crippen LogP contribution in [0.4, 0.5) is 11.4 Å². The van der Waals surface area contributed by atoms with Crippen LogP contribution in [0.1, 0.15) is 35.9 Å². The summed E-state index contributed by atoms with van der Waals surface area (Å²) >= 11 is 1.43. The van der Waals surface area contributed by atoms with Gasteiger partial charge in [-0.15, -0.1) is 11.3 Å². The number of anilines is 2. The van der Waals surface area contributed by atoms with Gasteiger partial charge in [-0.3, -0.25) is 14.3 Å². The van der Waals surface area contributed by atoms with Gasteiger partial charge in [-0.25, -0.2) is 8.42 Å². The van der Waals surface area contributed by atoms with Gasteiger partial charge in [0.15, 0.2) is 0 Å². The predicted molar refractivity (Wildman–Crippen MR) is 116 cm³/mol. The number of benzene rings is 1. The summed E-state index contributed by atoms with van der Waals surface area (Å²) < 4.78 is 26.1. The first-order valence-corrected chi connectivity index (χ1v) is 12.2. The van der Waals surface area contributed by atoms with Gasteiger partial charge in [0, 0.05) is 30.4 Å². The van der Waals surface area contributed by atoms with E-state index in [4.69, 9.17) is 0 Å². The molecule has 1 fully saturated rings. The van der Waals surface area contributed by atoms with E-state index in [0.717, 1.165) is 4.88 Å². The Hall–Kier alpha value is -2.39. The number of sulfonamides is 1. The quantitative estimate of drug-likeness (QED) is 0.697. The summed E-state index contributed by atoms with van der Waals surface area (Å²) in [7, 11) is -3.34. The SMILES string of the molecule is CCCS(=O)(=O)Nc1ccc(NC(=O)C2CCN(C(=O)c3cccs3)CC2)cc1. The van der Waals surface area contributed by atoms with Crippen molar-refractivity contribution in [2.75, 3.05) is 28.9 Å². The zero-order valence-electron chi connectivity index (χ0n) is 16.3. The zero-order valence-corrected chi connectivity index (χ0v) is 17.9. The van der Waals surface area contributed by atoms with Crippen LogP contribution in [0.15, 0.2) is 41.8 Å². The van der Waals surface area contributed by atoms with Gasteiger partial charge in [0.25, 0.3) is 5.91 Å². The molecule has 0 bridgehead atoms. The second-order valence-corrected chi connectivity index (χ2v) is 9.82. The molecule has 2 aromatic rings. The van der Waals surface area contributed by atoms with E-state index in [-0.39, 0.29) is 23.5 Å². The smallest absolute Gasteiger partial charge is 0.263 e. The molecule has 1 aromatic carbocycles. The molecule has 0 unspecified atom stereocenters. The zero-order chi connectivity index (χ0) is 20.9. The number of piperidine rings is 1. The number of nitrogens with one attached hydrogen (secondary N) is 2. The lowest BCUT2D eigenvalue weighted by molar-refractivity contribution is -0.121. The molecule has 0 spiro atoms. The number of carbonyl (C=O) groups excluding carboxylic acids is 2. The number of rotatable bonds is 7. The molecular weight excluding hydrogens is 410 g/mol. The third-order valence-corrected chi connectivity index (χ3v) is 7.13. The van der Waals surface area contributed by atoms with Crippen molar-refractivity contribution < 1.29 is 18.0 Å². The van der Waals surface area contributed by atoms with Crippen LogP contribution in [-0.4, -0.2) is 44.0 Å². The van der Waals surface area contributed by atoms with Crippen molar-refractivity contribution >= 4 is 44.5 Å². The minimum absolute atomic E-state index is 0.0278. The largest absolute Gasteiger partial charge is 0.338 e. The molecular formula is C20H25N3O4S2. The fraction of sp³-hybridized carbons (Fsp3) is 0.400. The fourth-order valence-corrected chi connectivity index (χ4v) is 5.09. The Balaban J connectivity index is 1.50. The van der Waals surface area contributed by atoms with Crippen LogP contribution >= 0.6 is 11.3 Å². The van der Waals surface area contributed by atoms with Crippen molar-refractivity contribution in [3.05, 3.63) is 46.7 Å². The molecule has 1 aliphatic heterocycles. The van der Waals surface area contributed by atoms with Gasteiger partial charge in [0.1, 0.15) is 0 Å². The van der Waals surface area contributed by atoms with E-state index < -0.39 is 10.0 Å². The van der Waals surface area contributed by atoms with Gasteiger partial charge in [-0.2, -0.15) is 0 Å². The van der Waals surface area contributed by atoms with E-state index >= 15 is 0 Å². The molecule has 7 nitrogen and oxygen atoms in total. The summed E-state index contributed by atoms with van der Waals surface area (Å²) in [4.78, 5) is 27.5. The summed E-state index contributed by atoms with van der Waals surface area (Å²) in [5, 5.41) is 4.76. The summed E-state index contributed by atoms with van der Waals surface area (Å²) in [6.07, 6.45) is 1.79. The average molecular weight is 436 g/mol. The highest BCUT2D eigenvalue weighted by molar-refractivity contribution is 7.92. The Morgan fingerprint density at radius 1 is 1.10 bits per heavy atom. The van der Waals surface area contributed by atoms with Crippen LogP contribution < -0.4 is 10.0 Å². The van der Waals surface area contributed by atoms with Crippen molar-refractivity contribution in [2.24, 2.45) is 5.92 Å². The molecule has 9 heteroatoms. The number of thiophene rings is 1.